The fourth-order valence-electron chi connectivity index (χ4n) is 0.638. The third-order valence-electron chi connectivity index (χ3n) is 1.12. The number of carbonyl (C=O) groups is 1. The number of rotatable bonds is 3. The molecule has 0 atom stereocenters. The molecule has 6 nitrogen and oxygen atoms in total. The minimum atomic E-state index is -1.08. The summed E-state index contributed by atoms with van der Waals surface area (Å²) in [5, 5.41) is 15.3. The highest BCUT2D eigenvalue weighted by Crippen LogP contribution is 1.90. The van der Waals surface area contributed by atoms with Gasteiger partial charge < -0.3 is 10.8 Å². The number of aromatic carboxylic acids is 1. The molecule has 1 heterocycles. The van der Waals surface area contributed by atoms with Crippen LogP contribution in [0.25, 0.3) is 0 Å². The number of nitrogens with zero attached hydrogens (tertiary/aromatic N) is 3. The van der Waals surface area contributed by atoms with Crippen molar-refractivity contribution in [3.05, 3.63) is 11.9 Å². The Labute approximate surface area is 62.6 Å². The Morgan fingerprint density at radius 3 is 3.00 bits per heavy atom. The van der Waals surface area contributed by atoms with Gasteiger partial charge in [0.05, 0.1) is 12.7 Å². The summed E-state index contributed by atoms with van der Waals surface area (Å²) in [6.07, 6.45) is 1.34. The van der Waals surface area contributed by atoms with Crippen molar-refractivity contribution < 1.29 is 9.90 Å². The van der Waals surface area contributed by atoms with Crippen LogP contribution in [0.2, 0.25) is 0 Å². The first-order chi connectivity index (χ1) is 5.24. The molecule has 0 saturated carbocycles. The molecule has 0 amide bonds. The summed E-state index contributed by atoms with van der Waals surface area (Å²) < 4.78 is 1.39. The van der Waals surface area contributed by atoms with E-state index in [9.17, 15) is 4.79 Å². The van der Waals surface area contributed by atoms with Crippen molar-refractivity contribution in [2.24, 2.45) is 5.73 Å². The summed E-state index contributed by atoms with van der Waals surface area (Å²) in [7, 11) is 0. The fraction of sp³-hybridized carbons (Fsp3) is 0.400. The quantitative estimate of drug-likeness (QED) is 0.581. The summed E-state index contributed by atoms with van der Waals surface area (Å²) in [5.74, 6) is -1.08. The molecule has 1 rings (SSSR count). The van der Waals surface area contributed by atoms with E-state index in [0.717, 1.165) is 0 Å². The minimum Gasteiger partial charge on any atom is -0.476 e. The van der Waals surface area contributed by atoms with Crippen molar-refractivity contribution in [3.8, 4) is 0 Å². The van der Waals surface area contributed by atoms with E-state index in [1.54, 1.807) is 0 Å². The van der Waals surface area contributed by atoms with Crippen LogP contribution in [0, 0.1) is 0 Å². The number of hydrogen-bond donors (Lipinski definition) is 2. The Balaban J connectivity index is 2.73. The maximum atomic E-state index is 10.3. The summed E-state index contributed by atoms with van der Waals surface area (Å²) >= 11 is 0. The summed E-state index contributed by atoms with van der Waals surface area (Å²) in [4.78, 5) is 10.3. The van der Waals surface area contributed by atoms with E-state index in [4.69, 9.17) is 10.8 Å². The highest BCUT2D eigenvalue weighted by molar-refractivity contribution is 5.84. The summed E-state index contributed by atoms with van der Waals surface area (Å²) in [6, 6.07) is 0. The van der Waals surface area contributed by atoms with Gasteiger partial charge in [0.25, 0.3) is 0 Å². The molecule has 0 aromatic carbocycles. The van der Waals surface area contributed by atoms with Gasteiger partial charge in [-0.25, -0.2) is 4.79 Å². The molecule has 6 heteroatoms. The van der Waals surface area contributed by atoms with Crippen LogP contribution in [0.1, 0.15) is 10.5 Å². The van der Waals surface area contributed by atoms with E-state index >= 15 is 0 Å². The van der Waals surface area contributed by atoms with Crippen LogP contribution in [0.5, 0.6) is 0 Å². The SMILES string of the molecule is NCCn1cc(C(=O)O)nn1. The van der Waals surface area contributed by atoms with E-state index in [-0.39, 0.29) is 5.69 Å². The zero-order chi connectivity index (χ0) is 8.27. The Bertz CT molecular complexity index is 257. The highest BCUT2D eigenvalue weighted by Gasteiger charge is 2.06. The van der Waals surface area contributed by atoms with Gasteiger partial charge in [0.15, 0.2) is 5.69 Å². The van der Waals surface area contributed by atoms with Gasteiger partial charge in [-0.3, -0.25) is 4.68 Å². The van der Waals surface area contributed by atoms with E-state index in [1.807, 2.05) is 0 Å². The molecule has 0 bridgehead atoms. The van der Waals surface area contributed by atoms with Gasteiger partial charge in [0, 0.05) is 6.54 Å². The van der Waals surface area contributed by atoms with Crippen molar-refractivity contribution >= 4 is 5.97 Å². The Hall–Kier alpha value is -1.43. The molecule has 0 aliphatic rings. The lowest BCUT2D eigenvalue weighted by Gasteiger charge is -1.91. The van der Waals surface area contributed by atoms with Gasteiger partial charge in [-0.1, -0.05) is 5.21 Å². The van der Waals surface area contributed by atoms with Crippen molar-refractivity contribution in [1.29, 1.82) is 0 Å². The lowest BCUT2D eigenvalue weighted by molar-refractivity contribution is 0.0690. The lowest BCUT2D eigenvalue weighted by Crippen LogP contribution is -2.10. The van der Waals surface area contributed by atoms with E-state index in [0.29, 0.717) is 13.1 Å². The standard InChI is InChI=1S/C5H8N4O2/c6-1-2-9-3-4(5(10)11)7-8-9/h3H,1-2,6H2,(H,10,11). The molecule has 1 aromatic heterocycles. The maximum Gasteiger partial charge on any atom is 0.358 e. The predicted molar refractivity (Wildman–Crippen MR) is 36.0 cm³/mol. The summed E-state index contributed by atoms with van der Waals surface area (Å²) in [5.41, 5.74) is 5.15. The van der Waals surface area contributed by atoms with Crippen LogP contribution in [0.4, 0.5) is 0 Å². The molecule has 60 valence electrons. The number of carboxylic acid groups (broad SMARTS) is 1. The van der Waals surface area contributed by atoms with Crippen LogP contribution in [-0.2, 0) is 6.54 Å². The van der Waals surface area contributed by atoms with Crippen LogP contribution in [-0.4, -0.2) is 32.6 Å². The summed E-state index contributed by atoms with van der Waals surface area (Å²) in [6.45, 7) is 0.905. The Morgan fingerprint density at radius 2 is 2.55 bits per heavy atom. The van der Waals surface area contributed by atoms with E-state index in [2.05, 4.69) is 10.3 Å². The largest absolute Gasteiger partial charge is 0.476 e. The molecule has 11 heavy (non-hydrogen) atoms. The molecule has 0 aliphatic heterocycles. The first-order valence-electron chi connectivity index (χ1n) is 3.07. The molecule has 0 saturated heterocycles. The van der Waals surface area contributed by atoms with Crippen LogP contribution in [0.3, 0.4) is 0 Å². The lowest BCUT2D eigenvalue weighted by atomic mass is 10.5. The maximum absolute atomic E-state index is 10.3. The molecule has 3 N–H and O–H groups in total. The second-order valence-corrected chi connectivity index (χ2v) is 1.96. The van der Waals surface area contributed by atoms with Gasteiger partial charge in [-0.2, -0.15) is 0 Å². The second-order valence-electron chi connectivity index (χ2n) is 1.96. The zero-order valence-corrected chi connectivity index (χ0v) is 5.77. The second kappa shape index (κ2) is 3.11. The predicted octanol–water partition coefficient (Wildman–Crippen LogP) is -1.07. The van der Waals surface area contributed by atoms with Gasteiger partial charge in [0.1, 0.15) is 0 Å². The monoisotopic (exact) mass is 156 g/mol. The minimum absolute atomic E-state index is 0.0570. The topological polar surface area (TPSA) is 94.0 Å². The molecule has 0 spiro atoms. The number of aromatic nitrogens is 3. The number of hydrogen-bond acceptors (Lipinski definition) is 4. The normalized spacial score (nSPS) is 9.91. The third kappa shape index (κ3) is 1.74. The van der Waals surface area contributed by atoms with Crippen molar-refractivity contribution in [2.75, 3.05) is 6.54 Å². The average Bonchev–Trinajstić information content (AvgIpc) is 2.37. The van der Waals surface area contributed by atoms with Crippen LogP contribution < -0.4 is 5.73 Å². The van der Waals surface area contributed by atoms with Crippen molar-refractivity contribution in [1.82, 2.24) is 15.0 Å². The zero-order valence-electron chi connectivity index (χ0n) is 5.77. The molecular formula is C5H8N4O2. The molecule has 0 unspecified atom stereocenters. The van der Waals surface area contributed by atoms with Gasteiger partial charge in [0.2, 0.25) is 0 Å². The molecule has 0 radical (unpaired) electrons. The first kappa shape index (κ1) is 7.67. The van der Waals surface area contributed by atoms with Crippen molar-refractivity contribution in [3.63, 3.8) is 0 Å². The first-order valence-corrected chi connectivity index (χ1v) is 3.07. The highest BCUT2D eigenvalue weighted by atomic mass is 16.4. The Kier molecular flexibility index (Phi) is 2.17. The van der Waals surface area contributed by atoms with E-state index < -0.39 is 5.97 Å². The smallest absolute Gasteiger partial charge is 0.358 e. The number of nitrogens with two attached hydrogens (primary N) is 1. The molecule has 1 aromatic rings. The Morgan fingerprint density at radius 1 is 1.82 bits per heavy atom. The van der Waals surface area contributed by atoms with Gasteiger partial charge >= 0.3 is 5.97 Å². The van der Waals surface area contributed by atoms with Crippen LogP contribution >= 0.6 is 0 Å². The number of carboxylic acids is 1. The average molecular weight is 156 g/mol. The molecule has 0 fully saturated rings. The van der Waals surface area contributed by atoms with Gasteiger partial charge in [-0.05, 0) is 0 Å². The van der Waals surface area contributed by atoms with E-state index in [1.165, 1.54) is 10.9 Å². The molecular weight excluding hydrogens is 148 g/mol. The fourth-order valence-corrected chi connectivity index (χ4v) is 0.638. The van der Waals surface area contributed by atoms with Gasteiger partial charge in [-0.15, -0.1) is 5.10 Å². The van der Waals surface area contributed by atoms with Crippen LogP contribution in [0.15, 0.2) is 6.20 Å². The third-order valence-corrected chi connectivity index (χ3v) is 1.12. The van der Waals surface area contributed by atoms with Crippen molar-refractivity contribution in [2.45, 2.75) is 6.54 Å². The molecule has 0 aliphatic carbocycles.